The van der Waals surface area contributed by atoms with Gasteiger partial charge in [0.05, 0.1) is 11.2 Å². The van der Waals surface area contributed by atoms with E-state index in [1.807, 2.05) is 41.9 Å². The maximum absolute atomic E-state index is 5.90. The summed E-state index contributed by atoms with van der Waals surface area (Å²) in [6.45, 7) is 1.99. The van der Waals surface area contributed by atoms with Crippen LogP contribution in [0.15, 0.2) is 42.5 Å². The number of aryl methyl sites for hydroxylation is 1. The van der Waals surface area contributed by atoms with Crippen molar-refractivity contribution in [2.45, 2.75) is 6.92 Å². The molecule has 0 aliphatic heterocycles. The van der Waals surface area contributed by atoms with Gasteiger partial charge in [-0.1, -0.05) is 35.9 Å². The van der Waals surface area contributed by atoms with Crippen LogP contribution >= 0.6 is 11.6 Å². The molecule has 0 atom stereocenters. The van der Waals surface area contributed by atoms with Crippen LogP contribution in [0, 0.1) is 6.92 Å². The molecule has 3 nitrogen and oxygen atoms in total. The van der Waals surface area contributed by atoms with Crippen molar-refractivity contribution in [3.05, 3.63) is 53.3 Å². The van der Waals surface area contributed by atoms with Gasteiger partial charge in [0.25, 0.3) is 0 Å². The lowest BCUT2D eigenvalue weighted by molar-refractivity contribution is 0.857. The molecule has 3 rings (SSSR count). The topological polar surface area (TPSA) is 30.7 Å². The van der Waals surface area contributed by atoms with Gasteiger partial charge in [0, 0.05) is 5.39 Å². The van der Waals surface area contributed by atoms with Gasteiger partial charge in [-0.15, -0.1) is 0 Å². The molecule has 0 fully saturated rings. The van der Waals surface area contributed by atoms with Gasteiger partial charge in [-0.2, -0.15) is 5.10 Å². The molecular formula is C13H10ClN3. The Kier molecular flexibility index (Phi) is 2.34. The number of benzene rings is 1. The highest BCUT2D eigenvalue weighted by Crippen LogP contribution is 2.20. The molecule has 17 heavy (non-hydrogen) atoms. The first-order valence-corrected chi connectivity index (χ1v) is 5.71. The molecule has 0 saturated heterocycles. The zero-order valence-corrected chi connectivity index (χ0v) is 10.0. The Morgan fingerprint density at radius 1 is 1.06 bits per heavy atom. The highest BCUT2D eigenvalue weighted by molar-refractivity contribution is 6.29. The molecule has 84 valence electrons. The van der Waals surface area contributed by atoms with Crippen molar-refractivity contribution >= 4 is 22.5 Å². The first-order valence-electron chi connectivity index (χ1n) is 5.33. The fraction of sp³-hybridized carbons (Fsp3) is 0.0769. The van der Waals surface area contributed by atoms with Gasteiger partial charge in [0.1, 0.15) is 5.15 Å². The van der Waals surface area contributed by atoms with Crippen molar-refractivity contribution in [3.63, 3.8) is 0 Å². The van der Waals surface area contributed by atoms with Crippen molar-refractivity contribution in [2.75, 3.05) is 0 Å². The van der Waals surface area contributed by atoms with E-state index in [1.54, 1.807) is 6.07 Å². The maximum Gasteiger partial charge on any atom is 0.155 e. The van der Waals surface area contributed by atoms with Gasteiger partial charge >= 0.3 is 0 Å². The van der Waals surface area contributed by atoms with Gasteiger partial charge in [-0.25, -0.2) is 9.67 Å². The van der Waals surface area contributed by atoms with E-state index in [4.69, 9.17) is 11.6 Å². The fourth-order valence-corrected chi connectivity index (χ4v) is 2.07. The van der Waals surface area contributed by atoms with E-state index >= 15 is 0 Å². The number of aromatic nitrogens is 3. The van der Waals surface area contributed by atoms with E-state index in [9.17, 15) is 0 Å². The highest BCUT2D eigenvalue weighted by atomic mass is 35.5. The standard InChI is InChI=1S/C13H10ClN3/c1-9-10-5-2-3-6-11(10)17(16-9)13-8-4-7-12(14)15-13/h2-8H,1H3. The molecule has 0 amide bonds. The lowest BCUT2D eigenvalue weighted by Gasteiger charge is -2.02. The van der Waals surface area contributed by atoms with E-state index in [-0.39, 0.29) is 0 Å². The molecule has 2 heterocycles. The molecular weight excluding hydrogens is 234 g/mol. The molecule has 0 unspecified atom stereocenters. The lowest BCUT2D eigenvalue weighted by atomic mass is 10.2. The van der Waals surface area contributed by atoms with Crippen LogP contribution in [0.1, 0.15) is 5.69 Å². The number of halogens is 1. The number of hydrogen-bond acceptors (Lipinski definition) is 2. The van der Waals surface area contributed by atoms with Gasteiger partial charge in [-0.05, 0) is 25.1 Å². The summed E-state index contributed by atoms with van der Waals surface area (Å²) in [4.78, 5) is 4.27. The van der Waals surface area contributed by atoms with Gasteiger partial charge < -0.3 is 0 Å². The van der Waals surface area contributed by atoms with Crippen molar-refractivity contribution in [1.29, 1.82) is 0 Å². The molecule has 2 aromatic heterocycles. The predicted octanol–water partition coefficient (Wildman–Crippen LogP) is 3.38. The Balaban J connectivity index is 2.31. The monoisotopic (exact) mass is 243 g/mol. The van der Waals surface area contributed by atoms with E-state index in [2.05, 4.69) is 16.1 Å². The molecule has 0 N–H and O–H groups in total. The summed E-state index contributed by atoms with van der Waals surface area (Å²) >= 11 is 5.90. The molecule has 0 saturated carbocycles. The highest BCUT2D eigenvalue weighted by Gasteiger charge is 2.08. The largest absolute Gasteiger partial charge is 0.217 e. The Bertz CT molecular complexity index is 688. The fourth-order valence-electron chi connectivity index (χ4n) is 1.91. The minimum atomic E-state index is 0.472. The molecule has 1 aromatic carbocycles. The maximum atomic E-state index is 5.90. The smallest absolute Gasteiger partial charge is 0.155 e. The Hall–Kier alpha value is -1.87. The summed E-state index contributed by atoms with van der Waals surface area (Å²) in [6.07, 6.45) is 0. The second kappa shape index (κ2) is 3.86. The number of rotatable bonds is 1. The number of nitrogens with zero attached hydrogens (tertiary/aromatic N) is 3. The van der Waals surface area contributed by atoms with Gasteiger partial charge in [0.15, 0.2) is 5.82 Å². The normalized spacial score (nSPS) is 10.9. The predicted molar refractivity (Wildman–Crippen MR) is 68.6 cm³/mol. The van der Waals surface area contributed by atoms with Crippen LogP contribution in [-0.4, -0.2) is 14.8 Å². The van der Waals surface area contributed by atoms with Crippen molar-refractivity contribution in [2.24, 2.45) is 0 Å². The first-order chi connectivity index (χ1) is 8.25. The SMILES string of the molecule is Cc1nn(-c2cccc(Cl)n2)c2ccccc12. The lowest BCUT2D eigenvalue weighted by Crippen LogP contribution is -1.99. The van der Waals surface area contributed by atoms with E-state index < -0.39 is 0 Å². The number of fused-ring (bicyclic) bond motifs is 1. The van der Waals surface area contributed by atoms with Crippen LogP contribution < -0.4 is 0 Å². The summed E-state index contributed by atoms with van der Waals surface area (Å²) in [5.41, 5.74) is 2.03. The molecule has 0 aliphatic carbocycles. The summed E-state index contributed by atoms with van der Waals surface area (Å²) in [7, 11) is 0. The average molecular weight is 244 g/mol. The third kappa shape index (κ3) is 1.68. The summed E-state index contributed by atoms with van der Waals surface area (Å²) in [5.74, 6) is 0.738. The molecule has 4 heteroatoms. The summed E-state index contributed by atoms with van der Waals surface area (Å²) < 4.78 is 1.82. The molecule has 0 bridgehead atoms. The van der Waals surface area contributed by atoms with Crippen molar-refractivity contribution in [1.82, 2.24) is 14.8 Å². The van der Waals surface area contributed by atoms with Crippen LogP contribution in [0.25, 0.3) is 16.7 Å². The number of hydrogen-bond donors (Lipinski definition) is 0. The molecule has 0 radical (unpaired) electrons. The first kappa shape index (κ1) is 10.3. The minimum absolute atomic E-state index is 0.472. The quantitative estimate of drug-likeness (QED) is 0.614. The van der Waals surface area contributed by atoms with Crippen LogP contribution in [0.5, 0.6) is 0 Å². The van der Waals surface area contributed by atoms with Crippen LogP contribution in [0.2, 0.25) is 5.15 Å². The Labute approximate surface area is 104 Å². The zero-order chi connectivity index (χ0) is 11.8. The third-order valence-corrected chi connectivity index (χ3v) is 2.90. The van der Waals surface area contributed by atoms with Gasteiger partial charge in [-0.3, -0.25) is 0 Å². The zero-order valence-electron chi connectivity index (χ0n) is 9.26. The van der Waals surface area contributed by atoms with E-state index in [0.717, 1.165) is 22.4 Å². The minimum Gasteiger partial charge on any atom is -0.217 e. The number of pyridine rings is 1. The molecule has 3 aromatic rings. The Morgan fingerprint density at radius 2 is 1.88 bits per heavy atom. The van der Waals surface area contributed by atoms with E-state index in [0.29, 0.717) is 5.15 Å². The van der Waals surface area contributed by atoms with Crippen LogP contribution in [0.3, 0.4) is 0 Å². The van der Waals surface area contributed by atoms with Gasteiger partial charge in [0.2, 0.25) is 0 Å². The van der Waals surface area contributed by atoms with Crippen molar-refractivity contribution in [3.8, 4) is 5.82 Å². The summed E-state index contributed by atoms with van der Waals surface area (Å²) in [6, 6.07) is 13.6. The second-order valence-corrected chi connectivity index (χ2v) is 4.22. The second-order valence-electron chi connectivity index (χ2n) is 3.83. The molecule has 0 aliphatic rings. The molecule has 0 spiro atoms. The van der Waals surface area contributed by atoms with Crippen LogP contribution in [0.4, 0.5) is 0 Å². The third-order valence-electron chi connectivity index (χ3n) is 2.69. The number of para-hydroxylation sites is 1. The van der Waals surface area contributed by atoms with Crippen LogP contribution in [-0.2, 0) is 0 Å². The Morgan fingerprint density at radius 3 is 2.71 bits per heavy atom. The summed E-state index contributed by atoms with van der Waals surface area (Å²) in [5, 5.41) is 6.10. The van der Waals surface area contributed by atoms with Crippen molar-refractivity contribution < 1.29 is 0 Å². The van der Waals surface area contributed by atoms with E-state index in [1.165, 1.54) is 0 Å². The average Bonchev–Trinajstić information content (AvgIpc) is 2.68.